The number of hydrogen-bond acceptors (Lipinski definition) is 3. The van der Waals surface area contributed by atoms with E-state index in [1.165, 1.54) is 30.0 Å². The molecule has 0 heterocycles. The lowest BCUT2D eigenvalue weighted by Gasteiger charge is -2.03. The summed E-state index contributed by atoms with van der Waals surface area (Å²) in [7, 11) is 1.45. The molecule has 0 fully saturated rings. The number of carbonyl (C=O) groups excluding carboxylic acids is 1. The summed E-state index contributed by atoms with van der Waals surface area (Å²) < 4.78 is 6.90. The van der Waals surface area contributed by atoms with Crippen molar-refractivity contribution < 1.29 is 14.6 Å². The van der Waals surface area contributed by atoms with Gasteiger partial charge in [0, 0.05) is 27.8 Å². The Morgan fingerprint density at radius 1 is 1.08 bits per heavy atom. The summed E-state index contributed by atoms with van der Waals surface area (Å²) in [4.78, 5) is 11.0. The van der Waals surface area contributed by atoms with Crippen molar-refractivity contribution >= 4 is 54.2 Å². The third kappa shape index (κ3) is 6.16. The first-order valence-corrected chi connectivity index (χ1v) is 9.00. The van der Waals surface area contributed by atoms with Crippen LogP contribution in [-0.4, -0.2) is 24.7 Å². The van der Waals surface area contributed by atoms with Crippen LogP contribution in [0.5, 0.6) is 5.75 Å². The second-order valence-corrected chi connectivity index (χ2v) is 6.91. The Morgan fingerprint density at radius 3 is 2.56 bits per heavy atom. The van der Waals surface area contributed by atoms with Crippen LogP contribution in [0.4, 0.5) is 5.69 Å². The molecule has 0 spiro atoms. The molecule has 0 saturated carbocycles. The Bertz CT molecular complexity index is 868. The topological polar surface area (TPSA) is 58.6 Å². The van der Waals surface area contributed by atoms with Crippen molar-refractivity contribution in [2.24, 2.45) is 0 Å². The number of halogens is 2. The highest BCUT2D eigenvalue weighted by Crippen LogP contribution is 2.26. The van der Waals surface area contributed by atoms with E-state index in [9.17, 15) is 4.79 Å². The Labute approximate surface area is 163 Å². The van der Waals surface area contributed by atoms with E-state index in [1.807, 2.05) is 12.1 Å². The average Bonchev–Trinajstić information content (AvgIpc) is 2.55. The number of carbonyl (C=O) groups is 1. The second kappa shape index (κ2) is 9.56. The second-order valence-electron chi connectivity index (χ2n) is 5.14. The van der Waals surface area contributed by atoms with Gasteiger partial charge < -0.3 is 15.2 Å². The monoisotopic (exact) mass is 465 g/mol. The zero-order chi connectivity index (χ0) is 18.2. The lowest BCUT2D eigenvalue weighted by molar-refractivity contribution is -0.119. The molecule has 2 N–H and O–H groups in total. The number of nitrogens with one attached hydrogen (secondary N) is 1. The smallest absolute Gasteiger partial charge is 0.250 e. The van der Waals surface area contributed by atoms with Gasteiger partial charge in [-0.15, -0.1) is 0 Å². The van der Waals surface area contributed by atoms with Crippen molar-refractivity contribution in [3.8, 4) is 5.75 Å². The highest BCUT2D eigenvalue weighted by atomic mass is 79.9. The molecule has 6 heteroatoms. The predicted octanol–water partition coefficient (Wildman–Crippen LogP) is 5.34. The van der Waals surface area contributed by atoms with Crippen LogP contribution < -0.4 is 5.32 Å². The van der Waals surface area contributed by atoms with Crippen LogP contribution in [-0.2, 0) is 9.53 Å². The standard InChI is InChI=1S/C10H6Br2.C9H11NO3/c11-8-4-5-9-7(6-8)2-1-3-10(9)12;1-13-6-9(12)10-7-3-2-4-8(11)5-7/h1-6H;2-5,11H,6H2,1H3,(H,10,12). The molecule has 0 aliphatic carbocycles. The molecule has 0 aliphatic rings. The summed E-state index contributed by atoms with van der Waals surface area (Å²) in [6.07, 6.45) is 0. The number of benzene rings is 3. The molecular weight excluding hydrogens is 450 g/mol. The highest BCUT2D eigenvalue weighted by Gasteiger charge is 2.00. The van der Waals surface area contributed by atoms with Crippen LogP contribution >= 0.6 is 31.9 Å². The minimum absolute atomic E-state index is 0.00958. The van der Waals surface area contributed by atoms with E-state index in [4.69, 9.17) is 5.11 Å². The summed E-state index contributed by atoms with van der Waals surface area (Å²) in [5.41, 5.74) is 0.557. The van der Waals surface area contributed by atoms with Gasteiger partial charge in [-0.25, -0.2) is 0 Å². The number of phenolic OH excluding ortho intramolecular Hbond substituents is 1. The Hall–Kier alpha value is -1.89. The number of fused-ring (bicyclic) bond motifs is 1. The largest absolute Gasteiger partial charge is 0.508 e. The van der Waals surface area contributed by atoms with Gasteiger partial charge in [0.1, 0.15) is 12.4 Å². The quantitative estimate of drug-likeness (QED) is 0.547. The van der Waals surface area contributed by atoms with E-state index >= 15 is 0 Å². The van der Waals surface area contributed by atoms with Crippen molar-refractivity contribution in [2.45, 2.75) is 0 Å². The summed E-state index contributed by atoms with van der Waals surface area (Å²) in [6.45, 7) is 0.00958. The lowest BCUT2D eigenvalue weighted by atomic mass is 10.1. The van der Waals surface area contributed by atoms with Gasteiger partial charge in [0.2, 0.25) is 5.91 Å². The number of phenols is 1. The molecule has 3 aromatic rings. The van der Waals surface area contributed by atoms with Gasteiger partial charge in [-0.3, -0.25) is 4.79 Å². The molecule has 1 amide bonds. The molecule has 0 bridgehead atoms. The maximum Gasteiger partial charge on any atom is 0.250 e. The van der Waals surface area contributed by atoms with Crippen molar-refractivity contribution in [3.05, 3.63) is 69.6 Å². The first kappa shape index (κ1) is 19.4. The van der Waals surface area contributed by atoms with Crippen LogP contribution in [0.15, 0.2) is 69.6 Å². The molecule has 0 saturated heterocycles. The van der Waals surface area contributed by atoms with E-state index in [0.717, 1.165) is 8.95 Å². The van der Waals surface area contributed by atoms with Crippen LogP contribution in [0.2, 0.25) is 0 Å². The number of anilines is 1. The van der Waals surface area contributed by atoms with Gasteiger partial charge in [-0.2, -0.15) is 0 Å². The van der Waals surface area contributed by atoms with Crippen molar-refractivity contribution in [1.29, 1.82) is 0 Å². The van der Waals surface area contributed by atoms with E-state index in [1.54, 1.807) is 12.1 Å². The lowest BCUT2D eigenvalue weighted by Crippen LogP contribution is -2.16. The normalized spacial score (nSPS) is 10.0. The van der Waals surface area contributed by atoms with E-state index in [2.05, 4.69) is 66.2 Å². The van der Waals surface area contributed by atoms with Crippen molar-refractivity contribution in [2.75, 3.05) is 19.0 Å². The number of amides is 1. The van der Waals surface area contributed by atoms with Gasteiger partial charge in [-0.1, -0.05) is 56.1 Å². The van der Waals surface area contributed by atoms with Crippen LogP contribution in [0.25, 0.3) is 10.8 Å². The van der Waals surface area contributed by atoms with Crippen molar-refractivity contribution in [1.82, 2.24) is 0 Å². The molecule has 0 atom stereocenters. The fourth-order valence-electron chi connectivity index (χ4n) is 2.13. The Balaban J connectivity index is 0.000000181. The number of hydrogen-bond donors (Lipinski definition) is 2. The summed E-state index contributed by atoms with van der Waals surface area (Å²) >= 11 is 6.95. The molecule has 3 aromatic carbocycles. The van der Waals surface area contributed by atoms with Crippen LogP contribution in [0.3, 0.4) is 0 Å². The SMILES string of the molecule is Brc1ccc2c(Br)cccc2c1.COCC(=O)Nc1cccc(O)c1. The molecular formula is C19H17Br2NO3. The predicted molar refractivity (Wildman–Crippen MR) is 108 cm³/mol. The number of rotatable bonds is 3. The maximum atomic E-state index is 11.0. The van der Waals surface area contributed by atoms with E-state index in [0.29, 0.717) is 5.69 Å². The Morgan fingerprint density at radius 2 is 1.84 bits per heavy atom. The summed E-state index contributed by atoms with van der Waals surface area (Å²) in [6, 6.07) is 18.8. The van der Waals surface area contributed by atoms with Crippen LogP contribution in [0.1, 0.15) is 0 Å². The van der Waals surface area contributed by atoms with Gasteiger partial charge in [0.15, 0.2) is 0 Å². The average molecular weight is 467 g/mol. The zero-order valence-corrected chi connectivity index (χ0v) is 16.7. The van der Waals surface area contributed by atoms with Gasteiger partial charge in [0.05, 0.1) is 0 Å². The first-order valence-electron chi connectivity index (χ1n) is 7.41. The number of ether oxygens (including phenoxy) is 1. The summed E-state index contributed by atoms with van der Waals surface area (Å²) in [5, 5.41) is 14.1. The molecule has 4 nitrogen and oxygen atoms in total. The third-order valence-electron chi connectivity index (χ3n) is 3.19. The molecule has 0 aliphatic heterocycles. The van der Waals surface area contributed by atoms with Gasteiger partial charge >= 0.3 is 0 Å². The zero-order valence-electron chi connectivity index (χ0n) is 13.5. The maximum absolute atomic E-state index is 11.0. The molecule has 3 rings (SSSR count). The fourth-order valence-corrected chi connectivity index (χ4v) is 3.02. The minimum Gasteiger partial charge on any atom is -0.508 e. The molecule has 0 radical (unpaired) electrons. The third-order valence-corrected chi connectivity index (χ3v) is 4.38. The molecule has 0 aromatic heterocycles. The molecule has 0 unspecified atom stereocenters. The fraction of sp³-hybridized carbons (Fsp3) is 0.105. The van der Waals surface area contributed by atoms with Crippen molar-refractivity contribution in [3.63, 3.8) is 0 Å². The van der Waals surface area contributed by atoms with Gasteiger partial charge in [0.25, 0.3) is 0 Å². The molecule has 130 valence electrons. The van der Waals surface area contributed by atoms with E-state index in [-0.39, 0.29) is 18.3 Å². The first-order chi connectivity index (χ1) is 12.0. The minimum atomic E-state index is -0.242. The highest BCUT2D eigenvalue weighted by molar-refractivity contribution is 9.11. The van der Waals surface area contributed by atoms with E-state index < -0.39 is 0 Å². The number of aromatic hydroxyl groups is 1. The van der Waals surface area contributed by atoms with Gasteiger partial charge in [-0.05, 0) is 41.1 Å². The molecule has 25 heavy (non-hydrogen) atoms. The van der Waals surface area contributed by atoms with Crippen LogP contribution in [0, 0.1) is 0 Å². The number of methoxy groups -OCH3 is 1. The Kier molecular flexibility index (Phi) is 7.43. The summed E-state index contributed by atoms with van der Waals surface area (Å²) in [5.74, 6) is -0.122.